The Bertz CT molecular complexity index is 429. The van der Waals surface area contributed by atoms with Crippen LogP contribution in [0, 0.1) is 5.41 Å². The fourth-order valence-electron chi connectivity index (χ4n) is 2.69. The predicted octanol–water partition coefficient (Wildman–Crippen LogP) is 0.108. The van der Waals surface area contributed by atoms with Gasteiger partial charge < -0.3 is 22.2 Å². The zero-order valence-electron chi connectivity index (χ0n) is 12.0. The van der Waals surface area contributed by atoms with Crippen molar-refractivity contribution >= 4 is 11.6 Å². The van der Waals surface area contributed by atoms with Crippen molar-refractivity contribution in [1.82, 2.24) is 4.90 Å². The third-order valence-corrected chi connectivity index (χ3v) is 3.81. The molecule has 0 aromatic heterocycles. The highest BCUT2D eigenvalue weighted by molar-refractivity contribution is 5.95. The summed E-state index contributed by atoms with van der Waals surface area (Å²) in [5.41, 5.74) is 2.58. The lowest BCUT2D eigenvalue weighted by molar-refractivity contribution is -0.00000425. The lowest BCUT2D eigenvalue weighted by Gasteiger charge is -2.40. The first-order valence-corrected chi connectivity index (χ1v) is 6.89. The van der Waals surface area contributed by atoms with Crippen molar-refractivity contribution in [2.45, 2.75) is 39.7 Å². The molecule has 0 saturated heterocycles. The second kappa shape index (κ2) is 6.80. The number of nitrogens with zero attached hydrogens (tertiary/aromatic N) is 2. The summed E-state index contributed by atoms with van der Waals surface area (Å²) in [6.45, 7) is 8.21. The number of halogens is 1. The molecule has 0 bridgehead atoms. The monoisotopic (exact) mass is 280 g/mol. The maximum absolute atomic E-state index is 8.45. The Labute approximate surface area is 122 Å². The molecule has 1 N–H and O–H groups in total. The number of fused-ring (bicyclic) bond motifs is 1. The molecule has 1 heterocycles. The summed E-state index contributed by atoms with van der Waals surface area (Å²) in [5.74, 6) is 0.639. The lowest BCUT2D eigenvalue weighted by Crippen LogP contribution is -3.00. The largest absolute Gasteiger partial charge is 1.00 e. The van der Waals surface area contributed by atoms with Crippen LogP contribution in [0.3, 0.4) is 0 Å². The van der Waals surface area contributed by atoms with Crippen molar-refractivity contribution < 1.29 is 12.4 Å². The first-order chi connectivity index (χ1) is 8.69. The third kappa shape index (κ3) is 3.03. The average molecular weight is 281 g/mol. The highest BCUT2D eigenvalue weighted by Crippen LogP contribution is 2.30. The average Bonchev–Trinajstić information content (AvgIpc) is 2.39. The Morgan fingerprint density at radius 1 is 1.32 bits per heavy atom. The SMILES string of the molecule is CCN(CC)C(=N)N1c2ccccc2CCC1C.[Cl-]. The van der Waals surface area contributed by atoms with E-state index in [-0.39, 0.29) is 12.4 Å². The molecule has 1 aromatic carbocycles. The molecule has 1 unspecified atom stereocenters. The van der Waals surface area contributed by atoms with Gasteiger partial charge in [-0.05, 0) is 45.2 Å². The molecule has 1 atom stereocenters. The Hall–Kier alpha value is -1.22. The molecule has 1 aromatic rings. The van der Waals surface area contributed by atoms with Crippen LogP contribution in [0.5, 0.6) is 0 Å². The number of benzene rings is 1. The van der Waals surface area contributed by atoms with Crippen molar-refractivity contribution in [1.29, 1.82) is 5.41 Å². The summed E-state index contributed by atoms with van der Waals surface area (Å²) in [7, 11) is 0. The predicted molar refractivity (Wildman–Crippen MR) is 77.4 cm³/mol. The second-order valence-electron chi connectivity index (χ2n) is 4.88. The van der Waals surface area contributed by atoms with Gasteiger partial charge in [0, 0.05) is 24.8 Å². The molecular formula is C15H23ClN3-. The summed E-state index contributed by atoms with van der Waals surface area (Å²) < 4.78 is 0. The van der Waals surface area contributed by atoms with Crippen molar-refractivity contribution in [3.8, 4) is 0 Å². The zero-order chi connectivity index (χ0) is 13.1. The molecule has 2 rings (SSSR count). The number of anilines is 1. The summed E-state index contributed by atoms with van der Waals surface area (Å²) in [5, 5.41) is 8.45. The number of guanidine groups is 1. The van der Waals surface area contributed by atoms with E-state index in [2.05, 4.69) is 54.8 Å². The van der Waals surface area contributed by atoms with Gasteiger partial charge in [-0.1, -0.05) is 18.2 Å². The Balaban J connectivity index is 0.00000180. The number of nitrogens with one attached hydrogen (secondary N) is 1. The molecule has 0 radical (unpaired) electrons. The van der Waals surface area contributed by atoms with E-state index in [1.165, 1.54) is 11.3 Å². The van der Waals surface area contributed by atoms with E-state index in [1.54, 1.807) is 0 Å². The van der Waals surface area contributed by atoms with E-state index in [0.717, 1.165) is 25.9 Å². The van der Waals surface area contributed by atoms with Crippen molar-refractivity contribution in [3.63, 3.8) is 0 Å². The van der Waals surface area contributed by atoms with Crippen LogP contribution in [0.25, 0.3) is 0 Å². The summed E-state index contributed by atoms with van der Waals surface area (Å²) in [6, 6.07) is 8.90. The normalized spacial score (nSPS) is 17.4. The number of aryl methyl sites for hydroxylation is 1. The van der Waals surface area contributed by atoms with Gasteiger partial charge in [0.1, 0.15) is 0 Å². The zero-order valence-corrected chi connectivity index (χ0v) is 12.7. The first-order valence-electron chi connectivity index (χ1n) is 6.89. The van der Waals surface area contributed by atoms with E-state index < -0.39 is 0 Å². The maximum Gasteiger partial charge on any atom is 0.198 e. The molecule has 0 saturated carbocycles. The van der Waals surface area contributed by atoms with E-state index >= 15 is 0 Å². The van der Waals surface area contributed by atoms with Gasteiger partial charge in [-0.3, -0.25) is 5.41 Å². The van der Waals surface area contributed by atoms with Crippen LogP contribution in [0.15, 0.2) is 24.3 Å². The second-order valence-corrected chi connectivity index (χ2v) is 4.88. The van der Waals surface area contributed by atoms with Gasteiger partial charge in [-0.25, -0.2) is 0 Å². The maximum atomic E-state index is 8.45. The van der Waals surface area contributed by atoms with Crippen LogP contribution >= 0.6 is 0 Å². The molecule has 0 aliphatic carbocycles. The molecular weight excluding hydrogens is 258 g/mol. The quantitative estimate of drug-likeness (QED) is 0.616. The Morgan fingerprint density at radius 2 is 1.95 bits per heavy atom. The lowest BCUT2D eigenvalue weighted by atomic mass is 9.97. The fourth-order valence-corrected chi connectivity index (χ4v) is 2.69. The summed E-state index contributed by atoms with van der Waals surface area (Å²) >= 11 is 0. The van der Waals surface area contributed by atoms with Crippen LogP contribution in [0.2, 0.25) is 0 Å². The fraction of sp³-hybridized carbons (Fsp3) is 0.533. The van der Waals surface area contributed by atoms with Crippen LogP contribution in [0.1, 0.15) is 32.8 Å². The molecule has 1 aliphatic heterocycles. The number of para-hydroxylation sites is 1. The van der Waals surface area contributed by atoms with E-state index in [0.29, 0.717) is 12.0 Å². The van der Waals surface area contributed by atoms with Crippen LogP contribution in [0.4, 0.5) is 5.69 Å². The number of hydrogen-bond acceptors (Lipinski definition) is 1. The van der Waals surface area contributed by atoms with Crippen LogP contribution in [-0.2, 0) is 6.42 Å². The minimum Gasteiger partial charge on any atom is -1.00 e. The van der Waals surface area contributed by atoms with Crippen molar-refractivity contribution in [2.24, 2.45) is 0 Å². The minimum atomic E-state index is 0. The Morgan fingerprint density at radius 3 is 2.58 bits per heavy atom. The van der Waals surface area contributed by atoms with Gasteiger partial charge in [0.05, 0.1) is 0 Å². The van der Waals surface area contributed by atoms with Crippen LogP contribution < -0.4 is 17.3 Å². The standard InChI is InChI=1S/C15H23N3.ClH/c1-4-17(5-2)15(16)18-12(3)10-11-13-8-6-7-9-14(13)18;/h6-9,12,16H,4-5,10-11H2,1-3H3;1H/p-1. The van der Waals surface area contributed by atoms with Gasteiger partial charge in [0.15, 0.2) is 5.96 Å². The first kappa shape index (κ1) is 15.8. The molecule has 0 amide bonds. The van der Waals surface area contributed by atoms with E-state index in [1.807, 2.05) is 0 Å². The van der Waals surface area contributed by atoms with Crippen molar-refractivity contribution in [2.75, 3.05) is 18.0 Å². The highest BCUT2D eigenvalue weighted by Gasteiger charge is 2.27. The topological polar surface area (TPSA) is 30.3 Å². The van der Waals surface area contributed by atoms with Crippen molar-refractivity contribution in [3.05, 3.63) is 29.8 Å². The summed E-state index contributed by atoms with van der Waals surface area (Å²) in [4.78, 5) is 4.30. The van der Waals surface area contributed by atoms with E-state index in [9.17, 15) is 0 Å². The summed E-state index contributed by atoms with van der Waals surface area (Å²) in [6.07, 6.45) is 2.25. The number of hydrogen-bond donors (Lipinski definition) is 1. The minimum absolute atomic E-state index is 0. The van der Waals surface area contributed by atoms with Gasteiger partial charge >= 0.3 is 0 Å². The van der Waals surface area contributed by atoms with Gasteiger partial charge in [-0.2, -0.15) is 0 Å². The van der Waals surface area contributed by atoms with E-state index in [4.69, 9.17) is 5.41 Å². The third-order valence-electron chi connectivity index (χ3n) is 3.81. The molecule has 3 nitrogen and oxygen atoms in total. The van der Waals surface area contributed by atoms with Gasteiger partial charge in [-0.15, -0.1) is 0 Å². The molecule has 0 fully saturated rings. The highest BCUT2D eigenvalue weighted by atomic mass is 35.5. The smallest absolute Gasteiger partial charge is 0.198 e. The molecule has 106 valence electrons. The molecule has 19 heavy (non-hydrogen) atoms. The number of rotatable bonds is 2. The molecule has 0 spiro atoms. The Kier molecular flexibility index (Phi) is 5.67. The van der Waals surface area contributed by atoms with Gasteiger partial charge in [0.2, 0.25) is 0 Å². The molecule has 1 aliphatic rings. The van der Waals surface area contributed by atoms with Gasteiger partial charge in [0.25, 0.3) is 0 Å². The van der Waals surface area contributed by atoms with Crippen LogP contribution in [-0.4, -0.2) is 30.0 Å². The molecule has 4 heteroatoms.